The minimum atomic E-state index is -0.235. The number of hydrogen-bond acceptors (Lipinski definition) is 4. The van der Waals surface area contributed by atoms with E-state index in [1.54, 1.807) is 42.5 Å². The van der Waals surface area contributed by atoms with Gasteiger partial charge in [0.1, 0.15) is 0 Å². The minimum Gasteiger partial charge on any atom is -0.618 e. The Morgan fingerprint density at radius 1 is 0.676 bits per heavy atom. The number of benzene rings is 2. The van der Waals surface area contributed by atoms with Crippen LogP contribution < -0.4 is 9.46 Å². The number of halogens is 3. The van der Waals surface area contributed by atoms with Crippen LogP contribution in [0.2, 0.25) is 10.0 Å². The predicted molar refractivity (Wildman–Crippen MR) is 143 cm³/mol. The van der Waals surface area contributed by atoms with Gasteiger partial charge in [0.05, 0.1) is 4.47 Å². The van der Waals surface area contributed by atoms with Crippen LogP contribution in [0.5, 0.6) is 0 Å². The molecule has 0 spiro atoms. The number of carbonyl (C=O) groups excluding carboxylic acids is 2. The van der Waals surface area contributed by atoms with Gasteiger partial charge in [-0.25, -0.2) is 0 Å². The highest BCUT2D eigenvalue weighted by Crippen LogP contribution is 2.27. The Morgan fingerprint density at radius 2 is 1.19 bits per heavy atom. The summed E-state index contributed by atoms with van der Waals surface area (Å²) < 4.78 is 1.98. The van der Waals surface area contributed by atoms with Crippen molar-refractivity contribution in [2.45, 2.75) is 25.7 Å². The summed E-state index contributed by atoms with van der Waals surface area (Å²) in [6.45, 7) is 0. The number of aryl methyl sites for hydroxylation is 4. The molecule has 0 radical (unpaired) electrons. The Labute approximate surface area is 231 Å². The van der Waals surface area contributed by atoms with Gasteiger partial charge < -0.3 is 10.4 Å². The first kappa shape index (κ1) is 25.4. The summed E-state index contributed by atoms with van der Waals surface area (Å²) in [6, 6.07) is 15.7. The molecule has 6 rings (SSSR count). The van der Waals surface area contributed by atoms with Gasteiger partial charge in [0.25, 0.3) is 23.0 Å². The molecule has 0 atom stereocenters. The molecule has 0 N–H and O–H groups in total. The van der Waals surface area contributed by atoms with Gasteiger partial charge in [0, 0.05) is 38.4 Å². The number of rotatable bonds is 0. The second-order valence-electron chi connectivity index (χ2n) is 8.83. The third-order valence-electron chi connectivity index (χ3n) is 6.50. The zero-order valence-corrected chi connectivity index (χ0v) is 22.4. The molecule has 2 heterocycles. The molecule has 0 saturated carbocycles. The van der Waals surface area contributed by atoms with Crippen LogP contribution in [-0.4, -0.2) is 11.6 Å². The number of nitrogens with zero attached hydrogens (tertiary/aromatic N) is 2. The van der Waals surface area contributed by atoms with Crippen molar-refractivity contribution in [1.29, 1.82) is 0 Å². The molecular formula is C28H19BrCl2N2O4. The van der Waals surface area contributed by atoms with Gasteiger partial charge in [-0.2, -0.15) is 9.46 Å². The molecule has 2 aliphatic carbocycles. The molecule has 0 aliphatic heterocycles. The highest BCUT2D eigenvalue weighted by Gasteiger charge is 2.29. The molecule has 186 valence electrons. The quantitative estimate of drug-likeness (QED) is 0.201. The van der Waals surface area contributed by atoms with Crippen LogP contribution in [0.4, 0.5) is 0 Å². The Balaban J connectivity index is 0.000000152. The lowest BCUT2D eigenvalue weighted by Crippen LogP contribution is -2.36. The smallest absolute Gasteiger partial charge is 0.268 e. The maximum Gasteiger partial charge on any atom is 0.268 e. The van der Waals surface area contributed by atoms with Gasteiger partial charge in [-0.05, 0) is 101 Å². The van der Waals surface area contributed by atoms with Crippen LogP contribution in [0.25, 0.3) is 0 Å². The van der Waals surface area contributed by atoms with E-state index in [-0.39, 0.29) is 23.0 Å². The van der Waals surface area contributed by atoms with Gasteiger partial charge in [-0.3, -0.25) is 9.59 Å². The lowest BCUT2D eigenvalue weighted by Gasteiger charge is -2.07. The summed E-state index contributed by atoms with van der Waals surface area (Å²) in [4.78, 5) is 24.9. The van der Waals surface area contributed by atoms with Gasteiger partial charge in [0.15, 0.2) is 12.4 Å². The lowest BCUT2D eigenvalue weighted by molar-refractivity contribution is -0.608. The van der Waals surface area contributed by atoms with Gasteiger partial charge in [-0.1, -0.05) is 23.2 Å². The van der Waals surface area contributed by atoms with Crippen molar-refractivity contribution < 1.29 is 19.0 Å². The summed E-state index contributed by atoms with van der Waals surface area (Å²) in [6.07, 6.45) is 5.46. The SMILES string of the molecule is O=C1c2ccc(Cl)cc2CCc2cc(Br)c[n+]([O-])c21.O=C1c2ccc(Cl)cc2CCc2ccc[n+]([O-])c21. The largest absolute Gasteiger partial charge is 0.618 e. The highest BCUT2D eigenvalue weighted by atomic mass is 79.9. The first-order valence-electron chi connectivity index (χ1n) is 11.5. The Bertz CT molecular complexity index is 1590. The normalized spacial score (nSPS) is 13.7. The van der Waals surface area contributed by atoms with E-state index in [1.807, 2.05) is 12.1 Å². The maximum absolute atomic E-state index is 12.5. The number of hydrogen-bond donors (Lipinski definition) is 0. The van der Waals surface area contributed by atoms with Gasteiger partial charge >= 0.3 is 0 Å². The van der Waals surface area contributed by atoms with E-state index < -0.39 is 0 Å². The van der Waals surface area contributed by atoms with Crippen molar-refractivity contribution in [1.82, 2.24) is 0 Å². The second kappa shape index (κ2) is 10.2. The molecular weight excluding hydrogens is 579 g/mol. The monoisotopic (exact) mass is 596 g/mol. The zero-order valence-electron chi connectivity index (χ0n) is 19.3. The summed E-state index contributed by atoms with van der Waals surface area (Å²) >= 11 is 15.2. The number of ketones is 2. The first-order chi connectivity index (χ1) is 17.7. The lowest BCUT2D eigenvalue weighted by atomic mass is 10.0. The van der Waals surface area contributed by atoms with Crippen LogP contribution >= 0.6 is 39.1 Å². The van der Waals surface area contributed by atoms with E-state index in [1.165, 1.54) is 12.4 Å². The van der Waals surface area contributed by atoms with Crippen LogP contribution in [0.3, 0.4) is 0 Å². The second-order valence-corrected chi connectivity index (χ2v) is 10.6. The Kier molecular flexibility index (Phi) is 7.03. The predicted octanol–water partition coefficient (Wildman–Crippen LogP) is 5.37. The van der Waals surface area contributed by atoms with Crippen LogP contribution in [-0.2, 0) is 25.7 Å². The van der Waals surface area contributed by atoms with Crippen LogP contribution in [0, 0.1) is 10.4 Å². The molecule has 2 aromatic carbocycles. The number of carbonyl (C=O) groups is 2. The third-order valence-corrected chi connectivity index (χ3v) is 7.41. The van der Waals surface area contributed by atoms with Crippen molar-refractivity contribution in [3.8, 4) is 0 Å². The summed E-state index contributed by atoms with van der Waals surface area (Å²) in [5.41, 5.74) is 4.95. The average molecular weight is 598 g/mol. The Morgan fingerprint density at radius 3 is 1.78 bits per heavy atom. The van der Waals surface area contributed by atoms with E-state index in [2.05, 4.69) is 15.9 Å². The average Bonchev–Trinajstić information content (AvgIpc) is 3.08. The molecule has 4 aromatic rings. The summed E-state index contributed by atoms with van der Waals surface area (Å²) in [5, 5.41) is 25.0. The molecule has 0 amide bonds. The van der Waals surface area contributed by atoms with Crippen molar-refractivity contribution in [2.24, 2.45) is 0 Å². The fourth-order valence-corrected chi connectivity index (χ4v) is 5.63. The van der Waals surface area contributed by atoms with Crippen LogP contribution in [0.15, 0.2) is 71.5 Å². The standard InChI is InChI=1S/C14H9BrClNO2.C14H10ClNO2/c15-10-5-9-2-1-8-6-11(16)3-4-12(8)14(18)13(9)17(19)7-10;15-11-5-6-12-10(8-11)4-3-9-2-1-7-16(18)13(9)14(12)17/h3-7H,1-2H2;1-2,5-8H,3-4H2. The molecule has 9 heteroatoms. The van der Waals surface area contributed by atoms with Gasteiger partial charge in [-0.15, -0.1) is 0 Å². The van der Waals surface area contributed by atoms with E-state index >= 15 is 0 Å². The molecule has 6 nitrogen and oxygen atoms in total. The minimum absolute atomic E-state index is 0.212. The van der Waals surface area contributed by atoms with E-state index in [4.69, 9.17) is 23.2 Å². The van der Waals surface area contributed by atoms with E-state index in [9.17, 15) is 20.0 Å². The topological polar surface area (TPSA) is 88.0 Å². The molecule has 0 saturated heterocycles. The van der Waals surface area contributed by atoms with E-state index in [0.29, 0.717) is 54.4 Å². The highest BCUT2D eigenvalue weighted by molar-refractivity contribution is 9.10. The molecule has 2 aromatic heterocycles. The third kappa shape index (κ3) is 4.99. The molecule has 37 heavy (non-hydrogen) atoms. The van der Waals surface area contributed by atoms with Crippen molar-refractivity contribution >= 4 is 50.7 Å². The van der Waals surface area contributed by atoms with Crippen molar-refractivity contribution in [3.63, 3.8) is 0 Å². The van der Waals surface area contributed by atoms with Crippen molar-refractivity contribution in [2.75, 3.05) is 0 Å². The molecule has 2 aliphatic rings. The number of aromatic nitrogens is 2. The summed E-state index contributed by atoms with van der Waals surface area (Å²) in [5.74, 6) is -0.452. The fraction of sp³-hybridized carbons (Fsp3) is 0.143. The fourth-order valence-electron chi connectivity index (χ4n) is 4.78. The number of pyridine rings is 2. The Hall–Kier alpha value is -3.26. The van der Waals surface area contributed by atoms with Crippen molar-refractivity contribution in [3.05, 3.63) is 137 Å². The molecule has 0 bridgehead atoms. The zero-order chi connectivity index (χ0) is 26.3. The van der Waals surface area contributed by atoms with E-state index in [0.717, 1.165) is 28.7 Å². The molecule has 0 fully saturated rings. The maximum atomic E-state index is 12.5. The van der Waals surface area contributed by atoms with Gasteiger partial charge in [0.2, 0.25) is 0 Å². The summed E-state index contributed by atoms with van der Waals surface area (Å²) in [7, 11) is 0. The van der Waals surface area contributed by atoms with Crippen LogP contribution in [0.1, 0.15) is 54.4 Å². The first-order valence-corrected chi connectivity index (χ1v) is 13.1. The number of fused-ring (bicyclic) bond motifs is 4. The molecule has 0 unspecified atom stereocenters.